The van der Waals surface area contributed by atoms with Gasteiger partial charge in [-0.1, -0.05) is 0 Å². The average Bonchev–Trinajstić information content (AvgIpc) is 3.32. The average molecular weight is 406 g/mol. The van der Waals surface area contributed by atoms with Crippen molar-refractivity contribution in [2.24, 2.45) is 0 Å². The van der Waals surface area contributed by atoms with E-state index < -0.39 is 43.8 Å². The molecule has 4 rings (SSSR count). The van der Waals surface area contributed by atoms with E-state index in [4.69, 9.17) is 14.2 Å². The minimum Gasteiger partial charge on any atom is -0.472 e. The smallest absolute Gasteiger partial charge is 0.371 e. The molecule has 2 aliphatic heterocycles. The number of hydrogen-bond donors (Lipinski definition) is 0. The van der Waals surface area contributed by atoms with Crippen molar-refractivity contribution in [1.82, 2.24) is 9.13 Å². The predicted octanol–water partition coefficient (Wildman–Crippen LogP) is 1.02. The summed E-state index contributed by atoms with van der Waals surface area (Å²) in [4.78, 5) is 46.9. The van der Waals surface area contributed by atoms with E-state index >= 15 is 0 Å². The molecule has 2 aromatic rings. The van der Waals surface area contributed by atoms with Gasteiger partial charge in [-0.15, -0.1) is 0 Å². The predicted molar refractivity (Wildman–Crippen MR) is 95.3 cm³/mol. The third kappa shape index (κ3) is 2.54. The monoisotopic (exact) mass is 406 g/mol. The van der Waals surface area contributed by atoms with Crippen molar-refractivity contribution in [3.8, 4) is 23.3 Å². The van der Waals surface area contributed by atoms with E-state index in [2.05, 4.69) is 0 Å². The number of fused-ring (bicyclic) bond motifs is 2. The van der Waals surface area contributed by atoms with Crippen LogP contribution in [0.3, 0.4) is 0 Å². The second-order valence-corrected chi connectivity index (χ2v) is 6.44. The van der Waals surface area contributed by atoms with Crippen molar-refractivity contribution in [2.45, 2.75) is 26.9 Å². The van der Waals surface area contributed by atoms with Gasteiger partial charge in [-0.3, -0.25) is 39.0 Å². The van der Waals surface area contributed by atoms with Gasteiger partial charge in [0.25, 0.3) is 22.9 Å². The highest BCUT2D eigenvalue weighted by Gasteiger charge is 2.38. The standard InChI is InChI=1S/C16H14N4O9/c1-7-11(9(19(23)24)15-17(13(7)21)3-5-27-15)29-12-8(2)14(22)18-4-6-28-16(18)10(12)20(25)26/h3-6H2,1-2H3. The lowest BCUT2D eigenvalue weighted by Gasteiger charge is -2.14. The maximum atomic E-state index is 12.6. The van der Waals surface area contributed by atoms with Gasteiger partial charge in [-0.2, -0.15) is 0 Å². The van der Waals surface area contributed by atoms with Crippen molar-refractivity contribution in [2.75, 3.05) is 13.2 Å². The Kier molecular flexibility index (Phi) is 4.03. The summed E-state index contributed by atoms with van der Waals surface area (Å²) in [6.07, 6.45) is 0. The molecule has 0 aliphatic carbocycles. The molecular formula is C16H14N4O9. The van der Waals surface area contributed by atoms with E-state index in [1.165, 1.54) is 13.8 Å². The van der Waals surface area contributed by atoms with E-state index in [0.29, 0.717) is 0 Å². The maximum absolute atomic E-state index is 12.6. The van der Waals surface area contributed by atoms with E-state index in [-0.39, 0.29) is 49.2 Å². The second-order valence-electron chi connectivity index (χ2n) is 6.44. The topological polar surface area (TPSA) is 158 Å². The summed E-state index contributed by atoms with van der Waals surface area (Å²) in [5.41, 5.74) is -2.74. The Labute approximate surface area is 160 Å². The van der Waals surface area contributed by atoms with Gasteiger partial charge in [-0.05, 0) is 13.8 Å². The highest BCUT2D eigenvalue weighted by Crippen LogP contribution is 2.46. The van der Waals surface area contributed by atoms with E-state index in [1.54, 1.807) is 0 Å². The van der Waals surface area contributed by atoms with Crippen LogP contribution in [0.2, 0.25) is 0 Å². The molecule has 4 heterocycles. The van der Waals surface area contributed by atoms with Crippen molar-refractivity contribution in [1.29, 1.82) is 0 Å². The van der Waals surface area contributed by atoms with E-state index in [9.17, 15) is 29.8 Å². The van der Waals surface area contributed by atoms with Crippen molar-refractivity contribution in [3.63, 3.8) is 0 Å². The number of pyridine rings is 2. The van der Waals surface area contributed by atoms with Gasteiger partial charge in [0.2, 0.25) is 11.5 Å². The molecule has 2 aromatic heterocycles. The van der Waals surface area contributed by atoms with Crippen LogP contribution in [0.4, 0.5) is 11.4 Å². The van der Waals surface area contributed by atoms with Crippen molar-refractivity contribution in [3.05, 3.63) is 52.1 Å². The highest BCUT2D eigenvalue weighted by molar-refractivity contribution is 5.64. The van der Waals surface area contributed by atoms with Crippen LogP contribution in [0.15, 0.2) is 9.59 Å². The summed E-state index contributed by atoms with van der Waals surface area (Å²) >= 11 is 0. The van der Waals surface area contributed by atoms with E-state index in [0.717, 1.165) is 9.13 Å². The molecule has 0 N–H and O–H groups in total. The van der Waals surface area contributed by atoms with Crippen LogP contribution >= 0.6 is 0 Å². The van der Waals surface area contributed by atoms with Gasteiger partial charge in [0.1, 0.15) is 13.2 Å². The molecule has 29 heavy (non-hydrogen) atoms. The Morgan fingerprint density at radius 2 is 1.21 bits per heavy atom. The fourth-order valence-electron chi connectivity index (χ4n) is 3.43. The van der Waals surface area contributed by atoms with E-state index in [1.807, 2.05) is 0 Å². The number of hydrogen-bond acceptors (Lipinski definition) is 9. The zero-order valence-electron chi connectivity index (χ0n) is 15.3. The van der Waals surface area contributed by atoms with Gasteiger partial charge >= 0.3 is 11.4 Å². The van der Waals surface area contributed by atoms with Crippen molar-refractivity contribution >= 4 is 11.4 Å². The first-order chi connectivity index (χ1) is 13.7. The largest absolute Gasteiger partial charge is 0.472 e. The molecule has 0 radical (unpaired) electrons. The first-order valence-corrected chi connectivity index (χ1v) is 8.51. The van der Waals surface area contributed by atoms with Gasteiger partial charge in [0.05, 0.1) is 34.1 Å². The van der Waals surface area contributed by atoms with Crippen LogP contribution in [0.5, 0.6) is 23.3 Å². The Morgan fingerprint density at radius 1 is 0.828 bits per heavy atom. The van der Waals surface area contributed by atoms with Crippen LogP contribution in [0.1, 0.15) is 11.1 Å². The summed E-state index contributed by atoms with van der Waals surface area (Å²) in [7, 11) is 0. The first-order valence-electron chi connectivity index (χ1n) is 8.51. The summed E-state index contributed by atoms with van der Waals surface area (Å²) < 4.78 is 18.2. The lowest BCUT2D eigenvalue weighted by molar-refractivity contribution is -0.388. The molecule has 0 unspecified atom stereocenters. The molecule has 0 saturated carbocycles. The van der Waals surface area contributed by atoms with Gasteiger partial charge in [0.15, 0.2) is 0 Å². The number of nitro groups is 2. The van der Waals surface area contributed by atoms with Crippen LogP contribution in [0.25, 0.3) is 0 Å². The minimum atomic E-state index is -0.795. The zero-order chi connectivity index (χ0) is 21.0. The van der Waals surface area contributed by atoms with Gasteiger partial charge < -0.3 is 14.2 Å². The molecule has 0 amide bonds. The molecular weight excluding hydrogens is 392 g/mol. The number of rotatable bonds is 4. The third-order valence-corrected chi connectivity index (χ3v) is 4.82. The SMILES string of the molecule is Cc1c(Oc2c([N+](=O)[O-])c3n(c(=O)c2C)CCO3)c([N+](=O)[O-])c2n(c1=O)CCO2. The molecule has 2 aliphatic rings. The Balaban J connectivity index is 2.02. The summed E-state index contributed by atoms with van der Waals surface area (Å²) in [5, 5.41) is 23.4. The van der Waals surface area contributed by atoms with Crippen LogP contribution in [-0.4, -0.2) is 32.2 Å². The number of nitrogens with zero attached hydrogens (tertiary/aromatic N) is 4. The van der Waals surface area contributed by atoms with Crippen molar-refractivity contribution < 1.29 is 24.1 Å². The molecule has 0 bridgehead atoms. The van der Waals surface area contributed by atoms with Gasteiger partial charge in [0, 0.05) is 0 Å². The fourth-order valence-corrected chi connectivity index (χ4v) is 3.43. The fraction of sp³-hybridized carbons (Fsp3) is 0.375. The summed E-state index contributed by atoms with van der Waals surface area (Å²) in [6, 6.07) is 0. The lowest BCUT2D eigenvalue weighted by atomic mass is 10.2. The Bertz CT molecular complexity index is 1120. The molecule has 13 heteroatoms. The van der Waals surface area contributed by atoms with Gasteiger partial charge in [-0.25, -0.2) is 0 Å². The summed E-state index contributed by atoms with van der Waals surface area (Å²) in [6.45, 7) is 2.98. The zero-order valence-corrected chi connectivity index (χ0v) is 15.3. The molecule has 152 valence electrons. The highest BCUT2D eigenvalue weighted by atomic mass is 16.6. The Hall–Kier alpha value is -3.90. The maximum Gasteiger partial charge on any atom is 0.371 e. The lowest BCUT2D eigenvalue weighted by Crippen LogP contribution is -2.23. The first kappa shape index (κ1) is 18.5. The van der Waals surface area contributed by atoms with Crippen LogP contribution in [-0.2, 0) is 13.1 Å². The normalized spacial score (nSPS) is 14.0. The Morgan fingerprint density at radius 3 is 1.55 bits per heavy atom. The third-order valence-electron chi connectivity index (χ3n) is 4.82. The molecule has 0 saturated heterocycles. The molecule has 13 nitrogen and oxygen atoms in total. The quantitative estimate of drug-likeness (QED) is 0.534. The van der Waals surface area contributed by atoms with Crippen LogP contribution < -0.4 is 25.3 Å². The molecule has 0 atom stereocenters. The second kappa shape index (κ2) is 6.32. The molecule has 0 fully saturated rings. The summed E-state index contributed by atoms with van der Waals surface area (Å²) in [5.74, 6) is -1.62. The molecule has 0 spiro atoms. The minimum absolute atomic E-state index is 0.0617. The molecule has 0 aromatic carbocycles. The number of ether oxygens (including phenoxy) is 3. The number of aromatic nitrogens is 2. The van der Waals surface area contributed by atoms with Crippen LogP contribution in [0, 0.1) is 34.1 Å².